The monoisotopic (exact) mass is 345 g/mol. The van der Waals surface area contributed by atoms with Gasteiger partial charge in [-0.05, 0) is 58.1 Å². The third kappa shape index (κ3) is 4.46. The topological polar surface area (TPSA) is 37.3 Å². The van der Waals surface area contributed by atoms with Crippen LogP contribution in [-0.2, 0) is 0 Å². The molecule has 2 heterocycles. The maximum Gasteiger partial charge on any atom is 0.253 e. The molecule has 1 saturated carbocycles. The van der Waals surface area contributed by atoms with Crippen LogP contribution in [0.4, 0.5) is 0 Å². The van der Waals surface area contributed by atoms with Gasteiger partial charge in [0.1, 0.15) is 0 Å². The fourth-order valence-electron chi connectivity index (χ4n) is 4.82. The predicted molar refractivity (Wildman–Crippen MR) is 103 cm³/mol. The van der Waals surface area contributed by atoms with Crippen molar-refractivity contribution in [3.63, 3.8) is 0 Å². The maximum absolute atomic E-state index is 12.7. The lowest BCUT2D eigenvalue weighted by Gasteiger charge is -2.30. The van der Waals surface area contributed by atoms with Crippen molar-refractivity contribution in [2.45, 2.75) is 71.8 Å². The normalized spacial score (nSPS) is 22.9. The molecule has 0 bridgehead atoms. The highest BCUT2D eigenvalue weighted by Gasteiger charge is 2.22. The van der Waals surface area contributed by atoms with Crippen molar-refractivity contribution in [1.82, 2.24) is 14.8 Å². The first-order chi connectivity index (χ1) is 12.1. The molecule has 0 aromatic carbocycles. The van der Waals surface area contributed by atoms with Crippen LogP contribution in [0.2, 0.25) is 0 Å². The van der Waals surface area contributed by atoms with E-state index < -0.39 is 0 Å². The highest BCUT2D eigenvalue weighted by molar-refractivity contribution is 5.95. The zero-order chi connectivity index (χ0) is 17.8. The number of likely N-dealkylation sites (tertiary alicyclic amines) is 1. The number of carbonyl (C=O) groups excluding carboxylic acids is 1. The minimum absolute atomic E-state index is 0.0974. The quantitative estimate of drug-likeness (QED) is 0.873. The van der Waals surface area contributed by atoms with E-state index >= 15 is 0 Å². The van der Waals surface area contributed by atoms with Gasteiger partial charge in [-0.15, -0.1) is 0 Å². The van der Waals surface area contributed by atoms with Gasteiger partial charge in [-0.1, -0.05) is 26.2 Å². The second-order valence-corrected chi connectivity index (χ2v) is 8.25. The fourth-order valence-corrected chi connectivity index (χ4v) is 4.82. The van der Waals surface area contributed by atoms with E-state index in [1.807, 2.05) is 0 Å². The SMILES string of the molecule is Cc1cc(C(=O)NCCN2CCCC(C)C2)c(C)n1C1CCCCC1. The largest absolute Gasteiger partial charge is 0.351 e. The lowest BCUT2D eigenvalue weighted by Crippen LogP contribution is -2.40. The summed E-state index contributed by atoms with van der Waals surface area (Å²) in [6, 6.07) is 2.67. The van der Waals surface area contributed by atoms with E-state index in [2.05, 4.69) is 41.6 Å². The first-order valence-electron chi connectivity index (χ1n) is 10.2. The number of aryl methyl sites for hydroxylation is 1. The molecule has 25 heavy (non-hydrogen) atoms. The van der Waals surface area contributed by atoms with Gasteiger partial charge in [-0.25, -0.2) is 0 Å². The standard InChI is InChI=1S/C21H35N3O/c1-16-8-7-12-23(15-16)13-11-22-21(25)20-14-17(2)24(18(20)3)19-9-5-4-6-10-19/h14,16,19H,4-13,15H2,1-3H3,(H,22,25). The highest BCUT2D eigenvalue weighted by Crippen LogP contribution is 2.32. The summed E-state index contributed by atoms with van der Waals surface area (Å²) in [6.45, 7) is 10.7. The van der Waals surface area contributed by atoms with Gasteiger partial charge < -0.3 is 14.8 Å². The number of nitrogens with zero attached hydrogens (tertiary/aromatic N) is 2. The molecule has 1 saturated heterocycles. The second-order valence-electron chi connectivity index (χ2n) is 8.25. The van der Waals surface area contributed by atoms with E-state index in [9.17, 15) is 4.79 Å². The zero-order valence-corrected chi connectivity index (χ0v) is 16.3. The Labute approximate surface area is 153 Å². The first kappa shape index (κ1) is 18.5. The summed E-state index contributed by atoms with van der Waals surface area (Å²) in [5.74, 6) is 0.888. The van der Waals surface area contributed by atoms with Crippen LogP contribution in [0.5, 0.6) is 0 Å². The molecule has 2 aliphatic rings. The minimum atomic E-state index is 0.0974. The molecular formula is C21H35N3O. The number of hydrogen-bond acceptors (Lipinski definition) is 2. The third-order valence-electron chi connectivity index (χ3n) is 6.12. The van der Waals surface area contributed by atoms with Gasteiger partial charge in [0.25, 0.3) is 5.91 Å². The molecule has 4 nitrogen and oxygen atoms in total. The van der Waals surface area contributed by atoms with Crippen LogP contribution in [0, 0.1) is 19.8 Å². The minimum Gasteiger partial charge on any atom is -0.351 e. The number of carbonyl (C=O) groups is 1. The van der Waals surface area contributed by atoms with Crippen molar-refractivity contribution >= 4 is 5.91 Å². The highest BCUT2D eigenvalue weighted by atomic mass is 16.1. The summed E-state index contributed by atoms with van der Waals surface area (Å²) in [6.07, 6.45) is 9.14. The Bertz CT molecular complexity index is 586. The Kier molecular flexibility index (Phi) is 6.21. The molecule has 1 amide bonds. The fraction of sp³-hybridized carbons (Fsp3) is 0.762. The molecule has 4 heteroatoms. The van der Waals surface area contributed by atoms with Crippen molar-refractivity contribution in [3.8, 4) is 0 Å². The van der Waals surface area contributed by atoms with Crippen molar-refractivity contribution in [2.75, 3.05) is 26.2 Å². The van der Waals surface area contributed by atoms with E-state index in [0.29, 0.717) is 6.04 Å². The second kappa shape index (κ2) is 8.39. The third-order valence-corrected chi connectivity index (χ3v) is 6.12. The molecule has 0 radical (unpaired) electrons. The average molecular weight is 346 g/mol. The molecule has 1 atom stereocenters. The molecule has 140 valence electrons. The van der Waals surface area contributed by atoms with Crippen LogP contribution in [0.3, 0.4) is 0 Å². The molecule has 3 rings (SSSR count). The van der Waals surface area contributed by atoms with Gasteiger partial charge in [0, 0.05) is 37.1 Å². The Morgan fingerprint density at radius 1 is 1.16 bits per heavy atom. The molecule has 1 aromatic rings. The number of hydrogen-bond donors (Lipinski definition) is 1. The number of aromatic nitrogens is 1. The Morgan fingerprint density at radius 2 is 1.92 bits per heavy atom. The zero-order valence-electron chi connectivity index (χ0n) is 16.3. The molecule has 1 aromatic heterocycles. The van der Waals surface area contributed by atoms with Crippen molar-refractivity contribution < 1.29 is 4.79 Å². The van der Waals surface area contributed by atoms with Crippen LogP contribution in [0.25, 0.3) is 0 Å². The Morgan fingerprint density at radius 3 is 2.64 bits per heavy atom. The van der Waals surface area contributed by atoms with E-state index in [1.54, 1.807) is 0 Å². The summed E-state index contributed by atoms with van der Waals surface area (Å²) in [7, 11) is 0. The first-order valence-corrected chi connectivity index (χ1v) is 10.2. The molecule has 1 unspecified atom stereocenters. The van der Waals surface area contributed by atoms with Gasteiger partial charge in [0.2, 0.25) is 0 Å². The summed E-state index contributed by atoms with van der Waals surface area (Å²) in [5.41, 5.74) is 3.25. The van der Waals surface area contributed by atoms with Crippen LogP contribution in [0.1, 0.15) is 79.7 Å². The van der Waals surface area contributed by atoms with Gasteiger partial charge in [0.15, 0.2) is 0 Å². The maximum atomic E-state index is 12.7. The Hall–Kier alpha value is -1.29. The van der Waals surface area contributed by atoms with E-state index in [4.69, 9.17) is 0 Å². The van der Waals surface area contributed by atoms with E-state index in [1.165, 1.54) is 63.7 Å². The van der Waals surface area contributed by atoms with Crippen LogP contribution < -0.4 is 5.32 Å². The van der Waals surface area contributed by atoms with Crippen molar-refractivity contribution in [3.05, 3.63) is 23.0 Å². The summed E-state index contributed by atoms with van der Waals surface area (Å²) >= 11 is 0. The van der Waals surface area contributed by atoms with Gasteiger partial charge >= 0.3 is 0 Å². The van der Waals surface area contributed by atoms with Gasteiger partial charge in [0.05, 0.1) is 5.56 Å². The lowest BCUT2D eigenvalue weighted by atomic mass is 9.95. The molecule has 1 aliphatic carbocycles. The lowest BCUT2D eigenvalue weighted by molar-refractivity contribution is 0.0943. The molecule has 1 N–H and O–H groups in total. The molecule has 1 aliphatic heterocycles. The van der Waals surface area contributed by atoms with Crippen molar-refractivity contribution in [2.24, 2.45) is 5.92 Å². The molecule has 2 fully saturated rings. The van der Waals surface area contributed by atoms with E-state index in [0.717, 1.165) is 30.3 Å². The predicted octanol–water partition coefficient (Wildman–Crippen LogP) is 4.07. The van der Waals surface area contributed by atoms with Crippen LogP contribution >= 0.6 is 0 Å². The number of piperidine rings is 1. The number of rotatable bonds is 5. The summed E-state index contributed by atoms with van der Waals surface area (Å²) in [5, 5.41) is 3.15. The smallest absolute Gasteiger partial charge is 0.253 e. The van der Waals surface area contributed by atoms with Crippen molar-refractivity contribution in [1.29, 1.82) is 0 Å². The van der Waals surface area contributed by atoms with E-state index in [-0.39, 0.29) is 5.91 Å². The van der Waals surface area contributed by atoms with Gasteiger partial charge in [-0.2, -0.15) is 0 Å². The molecular weight excluding hydrogens is 310 g/mol. The van der Waals surface area contributed by atoms with Crippen LogP contribution in [-0.4, -0.2) is 41.6 Å². The number of amides is 1. The van der Waals surface area contributed by atoms with Gasteiger partial charge in [-0.3, -0.25) is 4.79 Å². The number of nitrogens with one attached hydrogen (secondary N) is 1. The summed E-state index contributed by atoms with van der Waals surface area (Å²) < 4.78 is 2.42. The Balaban J connectivity index is 1.56. The molecule has 0 spiro atoms. The average Bonchev–Trinajstić information content (AvgIpc) is 2.90. The summed E-state index contributed by atoms with van der Waals surface area (Å²) in [4.78, 5) is 15.2. The van der Waals surface area contributed by atoms with Crippen LogP contribution in [0.15, 0.2) is 6.07 Å².